The Balaban J connectivity index is 0.00000288. The van der Waals surface area contributed by atoms with Crippen molar-refractivity contribution in [2.75, 3.05) is 26.2 Å². The second-order valence-corrected chi connectivity index (χ2v) is 6.86. The minimum Gasteiger partial charge on any atom is -0.357 e. The van der Waals surface area contributed by atoms with Crippen LogP contribution in [0.15, 0.2) is 11.2 Å². The summed E-state index contributed by atoms with van der Waals surface area (Å²) in [4.78, 5) is 11.3. The highest BCUT2D eigenvalue weighted by Gasteiger charge is 2.34. The second-order valence-electron chi connectivity index (χ2n) is 5.54. The number of guanidine groups is 1. The van der Waals surface area contributed by atoms with E-state index in [4.69, 9.17) is 0 Å². The molecule has 0 aliphatic carbocycles. The zero-order chi connectivity index (χ0) is 16.9. The van der Waals surface area contributed by atoms with Crippen LogP contribution in [0.25, 0.3) is 0 Å². The zero-order valence-corrected chi connectivity index (χ0v) is 16.8. The first kappa shape index (κ1) is 21.4. The van der Waals surface area contributed by atoms with E-state index in [-0.39, 0.29) is 30.0 Å². The molecule has 2 N–H and O–H groups in total. The first-order valence-electron chi connectivity index (χ1n) is 7.61. The number of hydrogen-bond acceptors (Lipinski definition) is 4. The van der Waals surface area contributed by atoms with Gasteiger partial charge < -0.3 is 10.6 Å². The number of likely N-dealkylation sites (tertiary alicyclic amines) is 1. The molecule has 0 amide bonds. The third-order valence-electron chi connectivity index (χ3n) is 3.40. The Labute approximate surface area is 161 Å². The lowest BCUT2D eigenvalue weighted by Crippen LogP contribution is -2.45. The lowest BCUT2D eigenvalue weighted by atomic mass is 10.3. The number of thiazole rings is 1. The Bertz CT molecular complexity index is 535. The molecule has 0 aromatic carbocycles. The molecule has 0 bridgehead atoms. The lowest BCUT2D eigenvalue weighted by Gasteiger charge is -2.19. The molecule has 0 radical (unpaired) electrons. The number of hydrogen-bond donors (Lipinski definition) is 2. The van der Waals surface area contributed by atoms with Crippen LogP contribution in [-0.2, 0) is 6.54 Å². The van der Waals surface area contributed by atoms with E-state index in [1.807, 2.05) is 20.0 Å². The van der Waals surface area contributed by atoms with Gasteiger partial charge in [-0.05, 0) is 20.3 Å². The van der Waals surface area contributed by atoms with Gasteiger partial charge >= 0.3 is 6.18 Å². The van der Waals surface area contributed by atoms with Gasteiger partial charge in [-0.25, -0.2) is 9.98 Å². The van der Waals surface area contributed by atoms with E-state index in [0.717, 1.165) is 9.88 Å². The fourth-order valence-electron chi connectivity index (χ4n) is 2.48. The van der Waals surface area contributed by atoms with E-state index in [1.165, 1.54) is 4.90 Å². The third kappa shape index (κ3) is 7.51. The van der Waals surface area contributed by atoms with E-state index in [2.05, 4.69) is 20.6 Å². The van der Waals surface area contributed by atoms with Crippen LogP contribution in [0, 0.1) is 6.92 Å². The fraction of sp³-hybridized carbons (Fsp3) is 0.714. The van der Waals surface area contributed by atoms with Crippen molar-refractivity contribution in [3.63, 3.8) is 0 Å². The molecule has 24 heavy (non-hydrogen) atoms. The lowest BCUT2D eigenvalue weighted by molar-refractivity contribution is -0.143. The summed E-state index contributed by atoms with van der Waals surface area (Å²) in [5, 5.41) is 7.26. The zero-order valence-electron chi connectivity index (χ0n) is 13.7. The molecule has 1 aliphatic heterocycles. The van der Waals surface area contributed by atoms with E-state index in [9.17, 15) is 13.2 Å². The van der Waals surface area contributed by atoms with Crippen LogP contribution < -0.4 is 10.6 Å². The van der Waals surface area contributed by atoms with Crippen LogP contribution in [0.5, 0.6) is 0 Å². The molecule has 1 unspecified atom stereocenters. The molecular formula is C14H23F3IN5S. The number of nitrogens with one attached hydrogen (secondary N) is 2. The molecule has 0 saturated carbocycles. The van der Waals surface area contributed by atoms with Crippen LogP contribution in [0.3, 0.4) is 0 Å². The monoisotopic (exact) mass is 477 g/mol. The molecule has 1 aromatic heterocycles. The number of nitrogens with zero attached hydrogens (tertiary/aromatic N) is 3. The minimum absolute atomic E-state index is 0. The van der Waals surface area contributed by atoms with Crippen molar-refractivity contribution >= 4 is 41.3 Å². The molecule has 1 saturated heterocycles. The summed E-state index contributed by atoms with van der Waals surface area (Å²) in [6, 6.07) is -0.0202. The van der Waals surface area contributed by atoms with Crippen LogP contribution in [-0.4, -0.2) is 54.2 Å². The maximum atomic E-state index is 12.4. The highest BCUT2D eigenvalue weighted by molar-refractivity contribution is 14.0. The van der Waals surface area contributed by atoms with Crippen molar-refractivity contribution in [2.24, 2.45) is 4.99 Å². The van der Waals surface area contributed by atoms with Gasteiger partial charge in [0.15, 0.2) is 5.96 Å². The summed E-state index contributed by atoms with van der Waals surface area (Å²) in [5.74, 6) is 0.624. The van der Waals surface area contributed by atoms with Crippen LogP contribution >= 0.6 is 35.3 Å². The van der Waals surface area contributed by atoms with Gasteiger partial charge in [-0.3, -0.25) is 4.90 Å². The fourth-order valence-corrected chi connectivity index (χ4v) is 3.19. The molecular weight excluding hydrogens is 454 g/mol. The average Bonchev–Trinajstić information content (AvgIpc) is 3.04. The molecule has 1 aliphatic rings. The van der Waals surface area contributed by atoms with Gasteiger partial charge in [0.1, 0.15) is 5.01 Å². The molecule has 1 fully saturated rings. The van der Waals surface area contributed by atoms with Gasteiger partial charge in [-0.2, -0.15) is 13.2 Å². The number of halogens is 4. The molecule has 2 heterocycles. The van der Waals surface area contributed by atoms with Gasteiger partial charge in [0.2, 0.25) is 0 Å². The second kappa shape index (κ2) is 9.76. The molecule has 5 nitrogen and oxygen atoms in total. The standard InChI is InChI=1S/C14H22F3N5S.HI/c1-3-18-13(20-7-12-19-6-10(2)23-12)21-11-4-5-22(8-11)9-14(15,16)17;/h6,11H,3-5,7-9H2,1-2H3,(H2,18,20,21);1H. The Kier molecular flexibility index (Phi) is 8.71. The number of aliphatic imine (C=N–C) groups is 1. The molecule has 2 rings (SSSR count). The summed E-state index contributed by atoms with van der Waals surface area (Å²) in [5.41, 5.74) is 0. The van der Waals surface area contributed by atoms with E-state index < -0.39 is 12.7 Å². The van der Waals surface area contributed by atoms with Crippen LogP contribution in [0.1, 0.15) is 23.2 Å². The van der Waals surface area contributed by atoms with Gasteiger partial charge in [0.05, 0.1) is 13.1 Å². The predicted molar refractivity (Wildman–Crippen MR) is 101 cm³/mol. The summed E-state index contributed by atoms with van der Waals surface area (Å²) < 4.78 is 37.3. The topological polar surface area (TPSA) is 52.6 Å². The molecule has 1 atom stereocenters. The Hall–Kier alpha value is -0.620. The van der Waals surface area contributed by atoms with Crippen molar-refractivity contribution in [2.45, 2.75) is 39.0 Å². The van der Waals surface area contributed by atoms with Gasteiger partial charge in [-0.15, -0.1) is 35.3 Å². The van der Waals surface area contributed by atoms with E-state index in [1.54, 1.807) is 11.3 Å². The van der Waals surface area contributed by atoms with Gasteiger partial charge in [0.25, 0.3) is 0 Å². The number of alkyl halides is 3. The van der Waals surface area contributed by atoms with Crippen LogP contribution in [0.4, 0.5) is 13.2 Å². The minimum atomic E-state index is -4.14. The normalized spacial score (nSPS) is 19.2. The van der Waals surface area contributed by atoms with Gasteiger partial charge in [0, 0.05) is 36.8 Å². The van der Waals surface area contributed by atoms with Crippen molar-refractivity contribution in [3.8, 4) is 0 Å². The highest BCUT2D eigenvalue weighted by atomic mass is 127. The average molecular weight is 477 g/mol. The third-order valence-corrected chi connectivity index (χ3v) is 4.30. The largest absolute Gasteiger partial charge is 0.401 e. The van der Waals surface area contributed by atoms with Crippen LogP contribution in [0.2, 0.25) is 0 Å². The van der Waals surface area contributed by atoms with Gasteiger partial charge in [-0.1, -0.05) is 0 Å². The molecule has 10 heteroatoms. The highest BCUT2D eigenvalue weighted by Crippen LogP contribution is 2.20. The first-order chi connectivity index (χ1) is 10.9. The summed E-state index contributed by atoms with van der Waals surface area (Å²) in [7, 11) is 0. The molecule has 138 valence electrons. The molecule has 0 spiro atoms. The van der Waals surface area contributed by atoms with E-state index >= 15 is 0 Å². The molecule has 1 aromatic rings. The quantitative estimate of drug-likeness (QED) is 0.389. The summed E-state index contributed by atoms with van der Waals surface area (Å²) >= 11 is 1.59. The number of aromatic nitrogens is 1. The predicted octanol–water partition coefficient (Wildman–Crippen LogP) is 2.76. The number of aryl methyl sites for hydroxylation is 1. The SMILES string of the molecule is CCNC(=NCc1ncc(C)s1)NC1CCN(CC(F)(F)F)C1.I. The Morgan fingerprint density at radius 2 is 2.25 bits per heavy atom. The Morgan fingerprint density at radius 1 is 1.50 bits per heavy atom. The van der Waals surface area contributed by atoms with Crippen molar-refractivity contribution < 1.29 is 13.2 Å². The number of rotatable bonds is 5. The smallest absolute Gasteiger partial charge is 0.357 e. The van der Waals surface area contributed by atoms with Crippen molar-refractivity contribution in [3.05, 3.63) is 16.1 Å². The first-order valence-corrected chi connectivity index (χ1v) is 8.42. The van der Waals surface area contributed by atoms with Crippen molar-refractivity contribution in [1.29, 1.82) is 0 Å². The maximum Gasteiger partial charge on any atom is 0.401 e. The van der Waals surface area contributed by atoms with Crippen molar-refractivity contribution in [1.82, 2.24) is 20.5 Å². The summed E-state index contributed by atoms with van der Waals surface area (Å²) in [6.45, 7) is 5.08. The van der Waals surface area contributed by atoms with E-state index in [0.29, 0.717) is 38.6 Å². The summed E-state index contributed by atoms with van der Waals surface area (Å²) in [6.07, 6.45) is -1.66. The Morgan fingerprint density at radius 3 is 2.83 bits per heavy atom. The maximum absolute atomic E-state index is 12.4.